The van der Waals surface area contributed by atoms with Gasteiger partial charge < -0.3 is 14.5 Å². The second-order valence-electron chi connectivity index (χ2n) is 9.93. The molecule has 3 rings (SSSR count). The summed E-state index contributed by atoms with van der Waals surface area (Å²) in [6, 6.07) is 7.06. The lowest BCUT2D eigenvalue weighted by molar-refractivity contribution is -0.121. The fourth-order valence-corrected chi connectivity index (χ4v) is 5.20. The highest BCUT2D eigenvalue weighted by atomic mass is 28.4. The van der Waals surface area contributed by atoms with Crippen LogP contribution in [0.4, 0.5) is 5.82 Å². The van der Waals surface area contributed by atoms with Gasteiger partial charge in [0, 0.05) is 23.6 Å². The van der Waals surface area contributed by atoms with Crippen molar-refractivity contribution in [2.75, 3.05) is 12.4 Å². The van der Waals surface area contributed by atoms with Crippen molar-refractivity contribution in [1.82, 2.24) is 4.98 Å². The number of rotatable bonds is 5. The minimum absolute atomic E-state index is 0.00261. The molecule has 0 unspecified atom stereocenters. The third-order valence-electron chi connectivity index (χ3n) is 6.74. The number of anilines is 1. The van der Waals surface area contributed by atoms with Crippen molar-refractivity contribution in [3.05, 3.63) is 36.0 Å². The number of ether oxygens (including phenoxy) is 1. The van der Waals surface area contributed by atoms with E-state index in [9.17, 15) is 9.59 Å². The van der Waals surface area contributed by atoms with Crippen LogP contribution in [-0.2, 0) is 14.0 Å². The normalized spacial score (nSPS) is 19.8. The number of fused-ring (bicyclic) bond motifs is 1. The van der Waals surface area contributed by atoms with Crippen molar-refractivity contribution in [2.24, 2.45) is 5.92 Å². The second kappa shape index (κ2) is 9.08. The van der Waals surface area contributed by atoms with Gasteiger partial charge in [-0.05, 0) is 73.5 Å². The van der Waals surface area contributed by atoms with Gasteiger partial charge in [-0.1, -0.05) is 20.8 Å². The quantitative estimate of drug-likeness (QED) is 0.486. The van der Waals surface area contributed by atoms with Gasteiger partial charge in [-0.25, -0.2) is 9.78 Å². The first-order valence-electron chi connectivity index (χ1n) is 11.0. The molecule has 1 amide bonds. The summed E-state index contributed by atoms with van der Waals surface area (Å²) in [7, 11) is -0.434. The Balaban J connectivity index is 1.64. The maximum atomic E-state index is 12.9. The number of carbonyl (C=O) groups excluding carboxylic acids is 2. The zero-order chi connectivity index (χ0) is 22.8. The van der Waals surface area contributed by atoms with E-state index in [0.717, 1.165) is 36.5 Å². The molecule has 1 N–H and O–H groups in total. The van der Waals surface area contributed by atoms with Crippen LogP contribution in [0.1, 0.15) is 56.8 Å². The van der Waals surface area contributed by atoms with Crippen molar-refractivity contribution in [3.8, 4) is 0 Å². The van der Waals surface area contributed by atoms with Gasteiger partial charge in [0.2, 0.25) is 5.91 Å². The number of amides is 1. The molecule has 1 fully saturated rings. The summed E-state index contributed by atoms with van der Waals surface area (Å²) in [5.41, 5.74) is 0.471. The van der Waals surface area contributed by atoms with E-state index in [1.165, 1.54) is 7.11 Å². The van der Waals surface area contributed by atoms with Gasteiger partial charge in [0.25, 0.3) is 0 Å². The summed E-state index contributed by atoms with van der Waals surface area (Å²) in [6.45, 7) is 11.3. The lowest BCUT2D eigenvalue weighted by Gasteiger charge is -2.41. The van der Waals surface area contributed by atoms with E-state index in [1.807, 2.05) is 6.07 Å². The molecule has 7 heteroatoms. The van der Waals surface area contributed by atoms with E-state index in [-0.39, 0.29) is 28.9 Å². The van der Waals surface area contributed by atoms with Crippen LogP contribution in [0.5, 0.6) is 0 Å². The Morgan fingerprint density at radius 3 is 2.39 bits per heavy atom. The molecular weight excluding hydrogens is 408 g/mol. The highest BCUT2D eigenvalue weighted by molar-refractivity contribution is 6.74. The van der Waals surface area contributed by atoms with E-state index in [4.69, 9.17) is 9.16 Å². The van der Waals surface area contributed by atoms with Crippen molar-refractivity contribution < 1.29 is 18.8 Å². The van der Waals surface area contributed by atoms with Crippen molar-refractivity contribution >= 4 is 36.8 Å². The number of nitrogens with one attached hydrogen (secondary N) is 1. The van der Waals surface area contributed by atoms with Crippen LogP contribution in [0.3, 0.4) is 0 Å². The van der Waals surface area contributed by atoms with Crippen LogP contribution < -0.4 is 5.32 Å². The van der Waals surface area contributed by atoms with Crippen LogP contribution in [0.2, 0.25) is 18.1 Å². The molecule has 0 aliphatic heterocycles. The molecule has 0 atom stereocenters. The Morgan fingerprint density at radius 1 is 1.10 bits per heavy atom. The first-order chi connectivity index (χ1) is 14.5. The molecule has 0 bridgehead atoms. The standard InChI is InChI=1S/C24H34N2O4Si/c1-24(2,3)31(5,6)30-19-10-7-16(8-11-19)22(27)26-21-20-12-9-18(23(28)29-4)15-17(20)13-14-25-21/h9,12-16,19H,7-8,10-11H2,1-6H3,(H,25,26,27). The smallest absolute Gasteiger partial charge is 0.337 e. The molecule has 0 spiro atoms. The SMILES string of the molecule is COC(=O)c1ccc2c(NC(=O)C3CCC(O[Si](C)(C)C(C)(C)C)CC3)nccc2c1. The van der Waals surface area contributed by atoms with Gasteiger partial charge in [-0.2, -0.15) is 0 Å². The van der Waals surface area contributed by atoms with Crippen LogP contribution in [-0.4, -0.2) is 38.4 Å². The number of pyridine rings is 1. The zero-order valence-corrected chi connectivity index (χ0v) is 20.5. The largest absolute Gasteiger partial charge is 0.465 e. The molecule has 1 aromatic heterocycles. The fourth-order valence-electron chi connectivity index (χ4n) is 3.78. The van der Waals surface area contributed by atoms with Gasteiger partial charge in [0.15, 0.2) is 8.32 Å². The summed E-state index contributed by atoms with van der Waals surface area (Å²) in [6.07, 6.45) is 5.36. The number of carbonyl (C=O) groups is 2. The second-order valence-corrected chi connectivity index (χ2v) is 14.7. The van der Waals surface area contributed by atoms with Gasteiger partial charge in [-0.15, -0.1) is 0 Å². The Morgan fingerprint density at radius 2 is 1.77 bits per heavy atom. The minimum Gasteiger partial charge on any atom is -0.465 e. The van der Waals surface area contributed by atoms with Crippen LogP contribution in [0.15, 0.2) is 30.5 Å². The average Bonchev–Trinajstić information content (AvgIpc) is 2.72. The van der Waals surface area contributed by atoms with Gasteiger partial charge in [-0.3, -0.25) is 4.79 Å². The van der Waals surface area contributed by atoms with Crippen LogP contribution in [0.25, 0.3) is 10.8 Å². The van der Waals surface area contributed by atoms with Gasteiger partial charge in [0.05, 0.1) is 12.7 Å². The summed E-state index contributed by atoms with van der Waals surface area (Å²) in [5, 5.41) is 4.83. The number of hydrogen-bond acceptors (Lipinski definition) is 5. The summed E-state index contributed by atoms with van der Waals surface area (Å²) in [5.74, 6) is 0.105. The summed E-state index contributed by atoms with van der Waals surface area (Å²) in [4.78, 5) is 29.1. The Kier molecular flexibility index (Phi) is 6.86. The third kappa shape index (κ3) is 5.33. The van der Waals surface area contributed by atoms with Crippen LogP contribution in [0, 0.1) is 5.92 Å². The number of aromatic nitrogens is 1. The molecule has 1 aliphatic rings. The predicted molar refractivity (Wildman–Crippen MR) is 126 cm³/mol. The van der Waals surface area contributed by atoms with E-state index in [2.05, 4.69) is 44.2 Å². The molecule has 2 aromatic rings. The summed E-state index contributed by atoms with van der Waals surface area (Å²) < 4.78 is 11.3. The maximum Gasteiger partial charge on any atom is 0.337 e. The highest BCUT2D eigenvalue weighted by Crippen LogP contribution is 2.39. The number of methoxy groups -OCH3 is 1. The Bertz CT molecular complexity index is 960. The highest BCUT2D eigenvalue weighted by Gasteiger charge is 2.40. The predicted octanol–water partition coefficient (Wildman–Crippen LogP) is 5.54. The first kappa shape index (κ1) is 23.4. The van der Waals surface area contributed by atoms with Gasteiger partial charge in [0.1, 0.15) is 5.82 Å². The average molecular weight is 443 g/mol. The van der Waals surface area contributed by atoms with Crippen molar-refractivity contribution in [1.29, 1.82) is 0 Å². The fraction of sp³-hybridized carbons (Fsp3) is 0.542. The van der Waals surface area contributed by atoms with E-state index in [1.54, 1.807) is 24.4 Å². The third-order valence-corrected chi connectivity index (χ3v) is 11.3. The van der Waals surface area contributed by atoms with E-state index in [0.29, 0.717) is 11.4 Å². The molecule has 31 heavy (non-hydrogen) atoms. The number of nitrogens with zero attached hydrogens (tertiary/aromatic N) is 1. The molecule has 1 aliphatic carbocycles. The van der Waals surface area contributed by atoms with Crippen molar-refractivity contribution in [2.45, 2.75) is 70.7 Å². The zero-order valence-electron chi connectivity index (χ0n) is 19.5. The summed E-state index contributed by atoms with van der Waals surface area (Å²) >= 11 is 0. The lowest BCUT2D eigenvalue weighted by Crippen LogP contribution is -2.45. The molecule has 0 radical (unpaired) electrons. The molecule has 0 saturated heterocycles. The van der Waals surface area contributed by atoms with Gasteiger partial charge >= 0.3 is 5.97 Å². The molecule has 168 valence electrons. The van der Waals surface area contributed by atoms with Crippen LogP contribution >= 0.6 is 0 Å². The van der Waals surface area contributed by atoms with E-state index >= 15 is 0 Å². The molecule has 6 nitrogen and oxygen atoms in total. The maximum absolute atomic E-state index is 12.9. The van der Waals surface area contributed by atoms with E-state index < -0.39 is 8.32 Å². The molecule has 1 heterocycles. The minimum atomic E-state index is -1.79. The lowest BCUT2D eigenvalue weighted by atomic mass is 9.87. The topological polar surface area (TPSA) is 77.5 Å². The molecule has 1 saturated carbocycles. The molecular formula is C24H34N2O4Si. The molecule has 1 aromatic carbocycles. The number of benzene rings is 1. The van der Waals surface area contributed by atoms with Crippen molar-refractivity contribution in [3.63, 3.8) is 0 Å². The Hall–Kier alpha value is -2.25. The first-order valence-corrected chi connectivity index (χ1v) is 13.9. The number of esters is 1. The Labute approximate surface area is 185 Å². The monoisotopic (exact) mass is 442 g/mol. The number of hydrogen-bond donors (Lipinski definition) is 1.